The van der Waals surface area contributed by atoms with Gasteiger partial charge in [-0.2, -0.15) is 0 Å². The quantitative estimate of drug-likeness (QED) is 0.773. The van der Waals surface area contributed by atoms with Gasteiger partial charge in [0.2, 0.25) is 11.8 Å². The molecule has 24 heavy (non-hydrogen) atoms. The number of hydrogen-bond acceptors (Lipinski definition) is 4. The Morgan fingerprint density at radius 2 is 2.08 bits per heavy atom. The number of carbonyl (C=O) groups excluding carboxylic acids is 2. The molecule has 134 valence electrons. The Kier molecular flexibility index (Phi) is 4.52. The molecule has 6 heteroatoms. The zero-order chi connectivity index (χ0) is 16.6. The van der Waals surface area contributed by atoms with Crippen LogP contribution in [0.3, 0.4) is 0 Å². The lowest BCUT2D eigenvalue weighted by atomic mass is 9.82. The van der Waals surface area contributed by atoms with Gasteiger partial charge in [-0.3, -0.25) is 9.59 Å². The van der Waals surface area contributed by atoms with Crippen molar-refractivity contribution >= 4 is 11.8 Å². The maximum Gasteiger partial charge on any atom is 0.228 e. The molecule has 0 N–H and O–H groups in total. The molecule has 2 amide bonds. The van der Waals surface area contributed by atoms with Crippen LogP contribution >= 0.6 is 0 Å². The van der Waals surface area contributed by atoms with Crippen molar-refractivity contribution in [2.24, 2.45) is 11.8 Å². The van der Waals surface area contributed by atoms with Gasteiger partial charge in [-0.15, -0.1) is 0 Å². The number of nitrogens with zero attached hydrogens (tertiary/aromatic N) is 2. The molecule has 0 aromatic rings. The smallest absolute Gasteiger partial charge is 0.228 e. The average Bonchev–Trinajstić information content (AvgIpc) is 3.10. The lowest BCUT2D eigenvalue weighted by Crippen LogP contribution is -2.67. The van der Waals surface area contributed by atoms with Crippen molar-refractivity contribution in [3.8, 4) is 0 Å². The summed E-state index contributed by atoms with van der Waals surface area (Å²) in [6.45, 7) is 5.23. The number of likely N-dealkylation sites (tertiary alicyclic amines) is 2. The van der Waals surface area contributed by atoms with E-state index < -0.39 is 0 Å². The predicted molar refractivity (Wildman–Crippen MR) is 87.3 cm³/mol. The molecule has 0 aromatic carbocycles. The molecule has 4 heterocycles. The summed E-state index contributed by atoms with van der Waals surface area (Å²) in [4.78, 5) is 28.3. The van der Waals surface area contributed by atoms with E-state index in [1.54, 1.807) is 0 Å². The molecule has 0 bridgehead atoms. The van der Waals surface area contributed by atoms with Crippen LogP contribution in [0, 0.1) is 11.8 Å². The third-order valence-electron chi connectivity index (χ3n) is 6.08. The van der Waals surface area contributed by atoms with Gasteiger partial charge in [-0.25, -0.2) is 0 Å². The second-order valence-corrected chi connectivity index (χ2v) is 7.95. The first-order chi connectivity index (χ1) is 11.7. The van der Waals surface area contributed by atoms with E-state index in [0.29, 0.717) is 31.5 Å². The first kappa shape index (κ1) is 16.3. The van der Waals surface area contributed by atoms with Crippen LogP contribution < -0.4 is 0 Å². The normalized spacial score (nSPS) is 32.9. The number of hydrogen-bond donors (Lipinski definition) is 0. The molecule has 0 aliphatic carbocycles. The molecule has 0 saturated carbocycles. The lowest BCUT2D eigenvalue weighted by Gasteiger charge is -2.53. The summed E-state index contributed by atoms with van der Waals surface area (Å²) in [5.74, 6) is 1.05. The van der Waals surface area contributed by atoms with Crippen molar-refractivity contribution in [3.63, 3.8) is 0 Å². The van der Waals surface area contributed by atoms with Crippen LogP contribution in [-0.2, 0) is 19.1 Å². The highest BCUT2D eigenvalue weighted by Gasteiger charge is 2.49. The summed E-state index contributed by atoms with van der Waals surface area (Å²) in [6, 6.07) is 0. The topological polar surface area (TPSA) is 59.1 Å². The van der Waals surface area contributed by atoms with Crippen LogP contribution in [0.15, 0.2) is 0 Å². The molecular weight excluding hydrogens is 308 g/mol. The summed E-state index contributed by atoms with van der Waals surface area (Å²) in [5.41, 5.74) is -0.114. The van der Waals surface area contributed by atoms with Crippen molar-refractivity contribution < 1.29 is 19.1 Å². The van der Waals surface area contributed by atoms with Crippen LogP contribution in [0.4, 0.5) is 0 Å². The van der Waals surface area contributed by atoms with Gasteiger partial charge in [-0.05, 0) is 32.1 Å². The Bertz CT molecular complexity index is 487. The molecule has 0 radical (unpaired) electrons. The third-order valence-corrected chi connectivity index (χ3v) is 6.08. The van der Waals surface area contributed by atoms with Crippen molar-refractivity contribution in [1.29, 1.82) is 0 Å². The van der Waals surface area contributed by atoms with Crippen molar-refractivity contribution in [2.75, 3.05) is 46.0 Å². The molecule has 0 unspecified atom stereocenters. The van der Waals surface area contributed by atoms with Crippen molar-refractivity contribution in [2.45, 2.75) is 44.1 Å². The van der Waals surface area contributed by atoms with Crippen LogP contribution in [0.1, 0.15) is 38.5 Å². The SMILES string of the molecule is O=C1CCCCN1C[C@@H]1CCC2(CN(C(=O)[C@@H]3CCOC3)C2)OC1. The summed E-state index contributed by atoms with van der Waals surface area (Å²) >= 11 is 0. The lowest BCUT2D eigenvalue weighted by molar-refractivity contribution is -0.192. The molecule has 6 nitrogen and oxygen atoms in total. The molecule has 2 atom stereocenters. The molecule has 4 rings (SSSR count). The van der Waals surface area contributed by atoms with E-state index in [-0.39, 0.29) is 17.4 Å². The minimum Gasteiger partial charge on any atom is -0.381 e. The molecule has 4 fully saturated rings. The molecule has 1 spiro atoms. The monoisotopic (exact) mass is 336 g/mol. The Labute approximate surface area is 143 Å². The molecular formula is C18H28N2O4. The average molecular weight is 336 g/mol. The van der Waals surface area contributed by atoms with Gasteiger partial charge in [0.05, 0.1) is 32.2 Å². The Hall–Kier alpha value is -1.14. The summed E-state index contributed by atoms with van der Waals surface area (Å²) < 4.78 is 11.5. The van der Waals surface area contributed by atoms with E-state index in [2.05, 4.69) is 0 Å². The maximum atomic E-state index is 12.4. The fraction of sp³-hybridized carbons (Fsp3) is 0.889. The molecule has 4 aliphatic rings. The number of rotatable bonds is 3. The fourth-order valence-electron chi connectivity index (χ4n) is 4.47. The highest BCUT2D eigenvalue weighted by Crippen LogP contribution is 2.37. The highest BCUT2D eigenvalue weighted by atomic mass is 16.5. The summed E-state index contributed by atoms with van der Waals surface area (Å²) in [5, 5.41) is 0. The highest BCUT2D eigenvalue weighted by molar-refractivity contribution is 5.80. The predicted octanol–water partition coefficient (Wildman–Crippen LogP) is 1.04. The minimum absolute atomic E-state index is 0.0591. The molecule has 0 aromatic heterocycles. The van der Waals surface area contributed by atoms with Crippen molar-refractivity contribution in [1.82, 2.24) is 9.80 Å². The first-order valence-electron chi connectivity index (χ1n) is 9.43. The second kappa shape index (κ2) is 6.64. The fourth-order valence-corrected chi connectivity index (χ4v) is 4.47. The molecule has 4 aliphatic heterocycles. The first-order valence-corrected chi connectivity index (χ1v) is 9.43. The maximum absolute atomic E-state index is 12.4. The van der Waals surface area contributed by atoms with E-state index in [1.807, 2.05) is 9.80 Å². The van der Waals surface area contributed by atoms with E-state index in [1.165, 1.54) is 0 Å². The van der Waals surface area contributed by atoms with E-state index in [0.717, 1.165) is 64.9 Å². The van der Waals surface area contributed by atoms with Gasteiger partial charge in [0.15, 0.2) is 0 Å². The van der Waals surface area contributed by atoms with Gasteiger partial charge >= 0.3 is 0 Å². The second-order valence-electron chi connectivity index (χ2n) is 7.95. The zero-order valence-corrected chi connectivity index (χ0v) is 14.4. The summed E-state index contributed by atoms with van der Waals surface area (Å²) in [6.07, 6.45) is 5.83. The largest absolute Gasteiger partial charge is 0.381 e. The van der Waals surface area contributed by atoms with Gasteiger partial charge in [0.25, 0.3) is 0 Å². The zero-order valence-electron chi connectivity index (χ0n) is 14.4. The van der Waals surface area contributed by atoms with Crippen LogP contribution in [0.5, 0.6) is 0 Å². The number of amides is 2. The number of ether oxygens (including phenoxy) is 2. The number of piperidine rings is 1. The summed E-state index contributed by atoms with van der Waals surface area (Å²) in [7, 11) is 0. The minimum atomic E-state index is -0.114. The van der Waals surface area contributed by atoms with Crippen molar-refractivity contribution in [3.05, 3.63) is 0 Å². The van der Waals surface area contributed by atoms with Crippen LogP contribution in [0.2, 0.25) is 0 Å². The van der Waals surface area contributed by atoms with Crippen LogP contribution in [0.25, 0.3) is 0 Å². The van der Waals surface area contributed by atoms with Gasteiger partial charge in [0.1, 0.15) is 5.60 Å². The Morgan fingerprint density at radius 3 is 2.75 bits per heavy atom. The van der Waals surface area contributed by atoms with E-state index >= 15 is 0 Å². The standard InChI is InChI=1S/C18H28N2O4/c21-16-3-1-2-7-19(16)9-14-4-6-18(24-10-14)12-20(13-18)17(22)15-5-8-23-11-15/h14-15H,1-13H2/t14-,15+/m0/s1. The van der Waals surface area contributed by atoms with Gasteiger partial charge in [-0.1, -0.05) is 0 Å². The number of carbonyl (C=O) groups is 2. The van der Waals surface area contributed by atoms with E-state index in [9.17, 15) is 9.59 Å². The van der Waals surface area contributed by atoms with Gasteiger partial charge < -0.3 is 19.3 Å². The Balaban J connectivity index is 1.22. The third kappa shape index (κ3) is 3.18. The van der Waals surface area contributed by atoms with Crippen LogP contribution in [-0.4, -0.2) is 73.2 Å². The van der Waals surface area contributed by atoms with E-state index in [4.69, 9.17) is 9.47 Å². The Morgan fingerprint density at radius 1 is 1.21 bits per heavy atom. The molecule has 4 saturated heterocycles. The van der Waals surface area contributed by atoms with Gasteiger partial charge in [0, 0.05) is 32.0 Å².